The maximum atomic E-state index is 3.94. The molecule has 2 atom stereocenters. The van der Waals surface area contributed by atoms with E-state index in [1.54, 1.807) is 5.57 Å². The zero-order valence-corrected chi connectivity index (χ0v) is 11.7. The highest BCUT2D eigenvalue weighted by Crippen LogP contribution is 2.58. The molecule has 90 valence electrons. The van der Waals surface area contributed by atoms with Crippen LogP contribution in [0, 0.1) is 17.3 Å². The van der Waals surface area contributed by atoms with Gasteiger partial charge in [0.05, 0.1) is 0 Å². The first-order chi connectivity index (χ1) is 7.50. The van der Waals surface area contributed by atoms with Crippen LogP contribution in [-0.2, 0) is 0 Å². The van der Waals surface area contributed by atoms with E-state index in [2.05, 4.69) is 33.4 Å². The van der Waals surface area contributed by atoms with Gasteiger partial charge in [0.15, 0.2) is 0 Å². The predicted molar refractivity (Wildman–Crippen MR) is 74.8 cm³/mol. The van der Waals surface area contributed by atoms with Crippen molar-refractivity contribution in [3.63, 3.8) is 0 Å². The second-order valence-corrected chi connectivity index (χ2v) is 7.25. The summed E-state index contributed by atoms with van der Waals surface area (Å²) in [6.07, 6.45) is 6.72. The first-order valence-electron chi connectivity index (χ1n) is 6.42. The molecule has 1 fully saturated rings. The van der Waals surface area contributed by atoms with E-state index in [1.165, 1.54) is 30.6 Å². The Morgan fingerprint density at radius 2 is 2.31 bits per heavy atom. The van der Waals surface area contributed by atoms with E-state index in [0.717, 1.165) is 17.6 Å². The van der Waals surface area contributed by atoms with E-state index >= 15 is 0 Å². The molecule has 3 rings (SSSR count). The van der Waals surface area contributed by atoms with Crippen LogP contribution in [0.5, 0.6) is 0 Å². The monoisotopic (exact) mass is 236 g/mol. The highest BCUT2D eigenvalue weighted by atomic mass is 32.2. The molecule has 0 nitrogen and oxygen atoms in total. The van der Waals surface area contributed by atoms with Gasteiger partial charge in [-0.15, -0.1) is 0 Å². The molecule has 2 bridgehead atoms. The summed E-state index contributed by atoms with van der Waals surface area (Å²) in [5.74, 6) is 4.26. The van der Waals surface area contributed by atoms with Gasteiger partial charge in [0, 0.05) is 5.75 Å². The van der Waals surface area contributed by atoms with Gasteiger partial charge >= 0.3 is 0 Å². The van der Waals surface area contributed by atoms with Crippen molar-refractivity contribution < 1.29 is 0 Å². The van der Waals surface area contributed by atoms with Gasteiger partial charge in [-0.3, -0.25) is 0 Å². The first-order valence-corrected chi connectivity index (χ1v) is 7.57. The highest BCUT2D eigenvalue weighted by molar-refractivity contribution is 7.99. The highest BCUT2D eigenvalue weighted by Gasteiger charge is 2.49. The summed E-state index contributed by atoms with van der Waals surface area (Å²) < 4.78 is 0. The number of hydrogen-bond donors (Lipinski definition) is 0. The van der Waals surface area contributed by atoms with Crippen molar-refractivity contribution in [1.82, 2.24) is 0 Å². The maximum Gasteiger partial charge on any atom is 0.0137 e. The van der Waals surface area contributed by atoms with Crippen LogP contribution in [0.2, 0.25) is 0 Å². The molecule has 0 aromatic carbocycles. The smallest absolute Gasteiger partial charge is 0.0137 e. The van der Waals surface area contributed by atoms with Crippen molar-refractivity contribution in [2.24, 2.45) is 17.3 Å². The number of allylic oxidation sites excluding steroid dienone is 2. The lowest BCUT2D eigenvalue weighted by atomic mass is 9.50. The summed E-state index contributed by atoms with van der Waals surface area (Å²) >= 11 is 2.03. The molecular weight excluding hydrogens is 212 g/mol. The lowest BCUT2D eigenvalue weighted by Crippen LogP contribution is -2.46. The second kappa shape index (κ2) is 4.60. The fourth-order valence-electron chi connectivity index (χ4n) is 2.99. The van der Waals surface area contributed by atoms with Crippen molar-refractivity contribution >= 4 is 11.8 Å². The summed E-state index contributed by atoms with van der Waals surface area (Å²) in [5, 5.41) is 0. The Morgan fingerprint density at radius 3 is 2.81 bits per heavy atom. The van der Waals surface area contributed by atoms with Crippen molar-refractivity contribution in [2.45, 2.75) is 40.0 Å². The molecule has 0 N–H and O–H groups in total. The third-order valence-corrected chi connectivity index (χ3v) is 5.60. The predicted octanol–water partition coefficient (Wildman–Crippen LogP) is 4.68. The Hall–Kier alpha value is -0.170. The number of hydrogen-bond acceptors (Lipinski definition) is 1. The average molecular weight is 236 g/mol. The molecular formula is C15H24S. The summed E-state index contributed by atoms with van der Waals surface area (Å²) in [4.78, 5) is 0. The standard InChI is InChI=1S/C15H24S/c1-11(2)10-16-6-5-12-7-13-9-14(8-12)15(13,3)4/h7,13-14H,1,5-6,8-10H2,2-4H3. The van der Waals surface area contributed by atoms with Gasteiger partial charge in [0.25, 0.3) is 0 Å². The molecule has 0 saturated heterocycles. The van der Waals surface area contributed by atoms with Crippen LogP contribution < -0.4 is 0 Å². The second-order valence-electron chi connectivity index (χ2n) is 6.15. The number of rotatable bonds is 5. The third kappa shape index (κ3) is 2.40. The summed E-state index contributed by atoms with van der Waals surface area (Å²) in [6, 6.07) is 0. The van der Waals surface area contributed by atoms with Crippen LogP contribution in [0.1, 0.15) is 40.0 Å². The molecule has 3 aliphatic carbocycles. The molecule has 0 aromatic heterocycles. The Kier molecular flexibility index (Phi) is 3.53. The van der Waals surface area contributed by atoms with Crippen LogP contribution >= 0.6 is 11.8 Å². The van der Waals surface area contributed by atoms with Crippen LogP contribution in [-0.4, -0.2) is 11.5 Å². The maximum absolute atomic E-state index is 3.94. The van der Waals surface area contributed by atoms with E-state index in [4.69, 9.17) is 0 Å². The van der Waals surface area contributed by atoms with Crippen LogP contribution in [0.3, 0.4) is 0 Å². The van der Waals surface area contributed by atoms with Crippen molar-refractivity contribution in [3.8, 4) is 0 Å². The Bertz CT molecular complexity index is 311. The van der Waals surface area contributed by atoms with E-state index in [0.29, 0.717) is 5.41 Å². The minimum absolute atomic E-state index is 0.606. The third-order valence-electron chi connectivity index (χ3n) is 4.41. The minimum atomic E-state index is 0.606. The molecule has 0 spiro atoms. The fourth-order valence-corrected chi connectivity index (χ4v) is 3.89. The van der Waals surface area contributed by atoms with Gasteiger partial charge in [-0.2, -0.15) is 11.8 Å². The molecule has 1 saturated carbocycles. The van der Waals surface area contributed by atoms with Gasteiger partial charge in [0.2, 0.25) is 0 Å². The molecule has 0 heterocycles. The topological polar surface area (TPSA) is 0 Å². The van der Waals surface area contributed by atoms with E-state index in [1.807, 2.05) is 11.8 Å². The van der Waals surface area contributed by atoms with E-state index < -0.39 is 0 Å². The molecule has 16 heavy (non-hydrogen) atoms. The number of fused-ring (bicyclic) bond motifs is 1. The molecule has 0 radical (unpaired) electrons. The van der Waals surface area contributed by atoms with Gasteiger partial charge in [-0.05, 0) is 49.2 Å². The largest absolute Gasteiger partial charge is 0.157 e. The van der Waals surface area contributed by atoms with Crippen molar-refractivity contribution in [3.05, 3.63) is 23.8 Å². The molecule has 1 heteroatoms. The quantitative estimate of drug-likeness (QED) is 0.493. The minimum Gasteiger partial charge on any atom is -0.157 e. The lowest BCUT2D eigenvalue weighted by Gasteiger charge is -2.55. The van der Waals surface area contributed by atoms with Crippen LogP contribution in [0.4, 0.5) is 0 Å². The lowest BCUT2D eigenvalue weighted by molar-refractivity contribution is -0.00146. The first kappa shape index (κ1) is 12.3. The van der Waals surface area contributed by atoms with Gasteiger partial charge in [-0.1, -0.05) is 37.6 Å². The Balaban J connectivity index is 1.75. The summed E-state index contributed by atoms with van der Waals surface area (Å²) in [5.41, 5.74) is 3.63. The Labute approximate surface area is 105 Å². The SMILES string of the molecule is C=C(C)CSCCC1=CC2CC(C1)C2(C)C. The van der Waals surface area contributed by atoms with Gasteiger partial charge in [0.1, 0.15) is 0 Å². The molecule has 0 amide bonds. The van der Waals surface area contributed by atoms with Crippen molar-refractivity contribution in [1.29, 1.82) is 0 Å². The van der Waals surface area contributed by atoms with Gasteiger partial charge in [-0.25, -0.2) is 0 Å². The summed E-state index contributed by atoms with van der Waals surface area (Å²) in [7, 11) is 0. The number of thioether (sulfide) groups is 1. The van der Waals surface area contributed by atoms with Crippen LogP contribution in [0.25, 0.3) is 0 Å². The molecule has 0 aliphatic heterocycles. The zero-order valence-electron chi connectivity index (χ0n) is 10.9. The van der Waals surface area contributed by atoms with Crippen LogP contribution in [0.15, 0.2) is 23.8 Å². The van der Waals surface area contributed by atoms with Gasteiger partial charge < -0.3 is 0 Å². The van der Waals surface area contributed by atoms with Crippen molar-refractivity contribution in [2.75, 3.05) is 11.5 Å². The average Bonchev–Trinajstić information content (AvgIpc) is 2.24. The summed E-state index contributed by atoms with van der Waals surface area (Å²) in [6.45, 7) is 10.9. The van der Waals surface area contributed by atoms with E-state index in [9.17, 15) is 0 Å². The van der Waals surface area contributed by atoms with E-state index in [-0.39, 0.29) is 0 Å². The molecule has 0 aromatic rings. The fraction of sp³-hybridized carbons (Fsp3) is 0.733. The molecule has 3 aliphatic rings. The normalized spacial score (nSPS) is 30.6. The zero-order chi connectivity index (χ0) is 11.8. The molecule has 2 unspecified atom stereocenters. The Morgan fingerprint density at radius 1 is 1.56 bits per heavy atom.